The first-order valence-electron chi connectivity index (χ1n) is 5.14. The highest BCUT2D eigenvalue weighted by Gasteiger charge is 2.28. The third-order valence-electron chi connectivity index (χ3n) is 2.75. The number of aromatic nitrogens is 1. The van der Waals surface area contributed by atoms with Crippen LogP contribution in [0.5, 0.6) is 5.88 Å². The summed E-state index contributed by atoms with van der Waals surface area (Å²) >= 11 is 3.30. The number of halogens is 1. The number of pyridine rings is 1. The lowest BCUT2D eigenvalue weighted by Crippen LogP contribution is -2.30. The third-order valence-corrected chi connectivity index (χ3v) is 3.19. The molecule has 1 aliphatic carbocycles. The molecule has 3 nitrogen and oxygen atoms in total. The van der Waals surface area contributed by atoms with Gasteiger partial charge in [-0.25, -0.2) is 4.98 Å². The monoisotopic (exact) mass is 271 g/mol. The normalized spacial score (nSPS) is 24.7. The minimum atomic E-state index is 0.311. The summed E-state index contributed by atoms with van der Waals surface area (Å²) in [6.45, 7) is 1.02. The van der Waals surface area contributed by atoms with Gasteiger partial charge in [-0.15, -0.1) is 0 Å². The summed E-state index contributed by atoms with van der Waals surface area (Å²) in [5.74, 6) is 1.74. The molecular formula is C11H14BrNO2. The van der Waals surface area contributed by atoms with E-state index < -0.39 is 0 Å². The van der Waals surface area contributed by atoms with Crippen molar-refractivity contribution >= 4 is 15.9 Å². The summed E-state index contributed by atoms with van der Waals surface area (Å²) in [6, 6.07) is 5.63. The molecule has 1 N–H and O–H groups in total. The Morgan fingerprint density at radius 2 is 2.20 bits per heavy atom. The zero-order valence-electron chi connectivity index (χ0n) is 8.40. The van der Waals surface area contributed by atoms with Crippen LogP contribution in [0, 0.1) is 11.8 Å². The average molecular weight is 272 g/mol. The number of rotatable bonds is 4. The maximum atomic E-state index is 8.87. The van der Waals surface area contributed by atoms with E-state index in [2.05, 4.69) is 20.9 Å². The third kappa shape index (κ3) is 2.92. The lowest BCUT2D eigenvalue weighted by molar-refractivity contribution is 0.0715. The van der Waals surface area contributed by atoms with Crippen molar-refractivity contribution in [3.8, 4) is 5.88 Å². The van der Waals surface area contributed by atoms with Gasteiger partial charge in [0.25, 0.3) is 0 Å². The lowest BCUT2D eigenvalue weighted by atomic mass is 9.76. The molecule has 0 saturated heterocycles. The molecule has 0 aliphatic heterocycles. The molecule has 1 heterocycles. The van der Waals surface area contributed by atoms with E-state index >= 15 is 0 Å². The molecule has 0 atom stereocenters. The van der Waals surface area contributed by atoms with Crippen LogP contribution in [-0.2, 0) is 0 Å². The summed E-state index contributed by atoms with van der Waals surface area (Å²) in [5, 5.41) is 8.87. The fourth-order valence-electron chi connectivity index (χ4n) is 1.83. The maximum absolute atomic E-state index is 8.87. The number of aliphatic hydroxyl groups is 1. The molecule has 0 radical (unpaired) electrons. The molecule has 1 saturated carbocycles. The van der Waals surface area contributed by atoms with Crippen LogP contribution in [0.4, 0.5) is 0 Å². The first kappa shape index (κ1) is 10.9. The van der Waals surface area contributed by atoms with Crippen molar-refractivity contribution in [3.05, 3.63) is 22.8 Å². The van der Waals surface area contributed by atoms with E-state index in [4.69, 9.17) is 9.84 Å². The van der Waals surface area contributed by atoms with Gasteiger partial charge in [0.05, 0.1) is 6.61 Å². The van der Waals surface area contributed by atoms with Gasteiger partial charge in [-0.05, 0) is 46.7 Å². The van der Waals surface area contributed by atoms with Crippen molar-refractivity contribution in [2.45, 2.75) is 12.8 Å². The Hall–Kier alpha value is -0.610. The van der Waals surface area contributed by atoms with Crippen LogP contribution < -0.4 is 4.74 Å². The second kappa shape index (κ2) is 4.94. The van der Waals surface area contributed by atoms with Gasteiger partial charge in [-0.1, -0.05) is 6.07 Å². The first-order valence-corrected chi connectivity index (χ1v) is 5.93. The van der Waals surface area contributed by atoms with Gasteiger partial charge in [0.15, 0.2) is 0 Å². The van der Waals surface area contributed by atoms with Crippen molar-refractivity contribution < 1.29 is 9.84 Å². The predicted octanol–water partition coefficient (Wildman–Crippen LogP) is 2.24. The van der Waals surface area contributed by atoms with E-state index in [1.165, 1.54) is 0 Å². The second-order valence-electron chi connectivity index (χ2n) is 4.00. The highest BCUT2D eigenvalue weighted by Crippen LogP contribution is 2.33. The van der Waals surface area contributed by atoms with E-state index in [-0.39, 0.29) is 0 Å². The standard InChI is InChI=1S/C11H14BrNO2/c12-10-2-1-3-11(13-10)15-7-9-4-8(5-9)6-14/h1-3,8-9,14H,4-7H2. The largest absolute Gasteiger partial charge is 0.477 e. The topological polar surface area (TPSA) is 42.4 Å². The number of hydrogen-bond donors (Lipinski definition) is 1. The molecule has 1 aromatic heterocycles. The molecule has 1 aromatic rings. The highest BCUT2D eigenvalue weighted by molar-refractivity contribution is 9.10. The second-order valence-corrected chi connectivity index (χ2v) is 4.81. The molecular weight excluding hydrogens is 258 g/mol. The average Bonchev–Trinajstić information content (AvgIpc) is 2.16. The fourth-order valence-corrected chi connectivity index (χ4v) is 2.16. The van der Waals surface area contributed by atoms with Gasteiger partial charge >= 0.3 is 0 Å². The van der Waals surface area contributed by atoms with E-state index in [0.29, 0.717) is 30.9 Å². The van der Waals surface area contributed by atoms with Gasteiger partial charge < -0.3 is 9.84 Å². The zero-order valence-corrected chi connectivity index (χ0v) is 9.98. The van der Waals surface area contributed by atoms with Crippen molar-refractivity contribution in [2.24, 2.45) is 11.8 Å². The molecule has 1 fully saturated rings. The Bertz CT molecular complexity index is 326. The van der Waals surface area contributed by atoms with Crippen molar-refractivity contribution in [1.82, 2.24) is 4.98 Å². The van der Waals surface area contributed by atoms with Crippen molar-refractivity contribution in [2.75, 3.05) is 13.2 Å². The summed E-state index contributed by atoms with van der Waals surface area (Å²) in [5.41, 5.74) is 0. The predicted molar refractivity (Wildman–Crippen MR) is 60.7 cm³/mol. The minimum absolute atomic E-state index is 0.311. The van der Waals surface area contributed by atoms with Crippen LogP contribution in [0.25, 0.3) is 0 Å². The number of nitrogens with zero attached hydrogens (tertiary/aromatic N) is 1. The van der Waals surface area contributed by atoms with Gasteiger partial charge in [0.2, 0.25) is 5.88 Å². The Kier molecular flexibility index (Phi) is 3.59. The first-order chi connectivity index (χ1) is 7.28. The molecule has 1 aliphatic rings. The molecule has 0 unspecified atom stereocenters. The minimum Gasteiger partial charge on any atom is -0.477 e. The Labute approximate surface area is 97.6 Å². The number of ether oxygens (including phenoxy) is 1. The van der Waals surface area contributed by atoms with E-state index in [1.807, 2.05) is 18.2 Å². The molecule has 4 heteroatoms. The van der Waals surface area contributed by atoms with E-state index in [0.717, 1.165) is 17.4 Å². The molecule has 82 valence electrons. The summed E-state index contributed by atoms with van der Waals surface area (Å²) in [4.78, 5) is 4.19. The molecule has 0 amide bonds. The van der Waals surface area contributed by atoms with Crippen LogP contribution in [0.1, 0.15) is 12.8 Å². The Morgan fingerprint density at radius 3 is 2.87 bits per heavy atom. The van der Waals surface area contributed by atoms with Crippen LogP contribution in [0.2, 0.25) is 0 Å². The van der Waals surface area contributed by atoms with Gasteiger partial charge in [-0.2, -0.15) is 0 Å². The SMILES string of the molecule is OCC1CC(COc2cccc(Br)n2)C1. The summed E-state index contributed by atoms with van der Waals surface area (Å²) < 4.78 is 6.35. The fraction of sp³-hybridized carbons (Fsp3) is 0.545. The molecule has 0 bridgehead atoms. The molecule has 2 rings (SSSR count). The van der Waals surface area contributed by atoms with Crippen molar-refractivity contribution in [1.29, 1.82) is 0 Å². The molecule has 0 aromatic carbocycles. The smallest absolute Gasteiger partial charge is 0.214 e. The maximum Gasteiger partial charge on any atom is 0.214 e. The summed E-state index contributed by atoms with van der Waals surface area (Å²) in [6.07, 6.45) is 2.15. The van der Waals surface area contributed by atoms with Crippen LogP contribution in [0.3, 0.4) is 0 Å². The molecule has 15 heavy (non-hydrogen) atoms. The quantitative estimate of drug-likeness (QED) is 0.855. The van der Waals surface area contributed by atoms with Crippen LogP contribution in [0.15, 0.2) is 22.8 Å². The number of aliphatic hydroxyl groups excluding tert-OH is 1. The Balaban J connectivity index is 1.75. The van der Waals surface area contributed by atoms with Crippen molar-refractivity contribution in [3.63, 3.8) is 0 Å². The van der Waals surface area contributed by atoms with Gasteiger partial charge in [-0.3, -0.25) is 0 Å². The summed E-state index contributed by atoms with van der Waals surface area (Å²) in [7, 11) is 0. The van der Waals surface area contributed by atoms with Crippen LogP contribution in [-0.4, -0.2) is 23.3 Å². The lowest BCUT2D eigenvalue weighted by Gasteiger charge is -2.33. The zero-order chi connectivity index (χ0) is 10.7. The van der Waals surface area contributed by atoms with E-state index in [9.17, 15) is 0 Å². The van der Waals surface area contributed by atoms with Crippen LogP contribution >= 0.6 is 15.9 Å². The van der Waals surface area contributed by atoms with Gasteiger partial charge in [0.1, 0.15) is 4.60 Å². The molecule has 0 spiro atoms. The highest BCUT2D eigenvalue weighted by atomic mass is 79.9. The number of hydrogen-bond acceptors (Lipinski definition) is 3. The van der Waals surface area contributed by atoms with E-state index in [1.54, 1.807) is 0 Å². The Morgan fingerprint density at radius 1 is 1.40 bits per heavy atom. The van der Waals surface area contributed by atoms with Gasteiger partial charge in [0, 0.05) is 12.7 Å².